The Balaban J connectivity index is 2.32. The molecule has 1 heterocycles. The Morgan fingerprint density at radius 2 is 2.00 bits per heavy atom. The number of nitrogens with zero attached hydrogens (tertiary/aromatic N) is 1. The fraction of sp³-hybridized carbons (Fsp3) is 0. The van der Waals surface area contributed by atoms with E-state index < -0.39 is 17.5 Å². The summed E-state index contributed by atoms with van der Waals surface area (Å²) in [4.78, 5) is 25.7. The second-order valence-electron chi connectivity index (χ2n) is 4.40. The number of carboxylic acids is 1. The average Bonchev–Trinajstić information content (AvgIpc) is 2.77. The minimum absolute atomic E-state index is 0.0661. The minimum atomic E-state index is -1.09. The van der Waals surface area contributed by atoms with Gasteiger partial charge < -0.3 is 10.1 Å². The molecule has 0 aliphatic carbocycles. The van der Waals surface area contributed by atoms with Crippen LogP contribution in [0.15, 0.2) is 45.7 Å². The number of hydrogen-bond donors (Lipinski definition) is 2. The maximum absolute atomic E-state index is 13.3. The van der Waals surface area contributed by atoms with Crippen molar-refractivity contribution in [1.29, 1.82) is 0 Å². The number of halogens is 2. The number of benzene rings is 2. The van der Waals surface area contributed by atoms with Crippen LogP contribution in [0.4, 0.5) is 4.39 Å². The normalized spacial score (nSPS) is 11.0. The van der Waals surface area contributed by atoms with Crippen molar-refractivity contribution in [3.8, 4) is 5.69 Å². The summed E-state index contributed by atoms with van der Waals surface area (Å²) in [6.07, 6.45) is 0. The van der Waals surface area contributed by atoms with Gasteiger partial charge in [0.15, 0.2) is 0 Å². The first kappa shape index (κ1) is 13.6. The van der Waals surface area contributed by atoms with E-state index in [1.165, 1.54) is 41.0 Å². The molecule has 0 aliphatic rings. The van der Waals surface area contributed by atoms with Gasteiger partial charge in [0.05, 0.1) is 26.8 Å². The molecule has 3 rings (SSSR count). The van der Waals surface area contributed by atoms with E-state index >= 15 is 0 Å². The highest BCUT2D eigenvalue weighted by molar-refractivity contribution is 9.10. The van der Waals surface area contributed by atoms with E-state index in [4.69, 9.17) is 5.11 Å². The summed E-state index contributed by atoms with van der Waals surface area (Å²) in [6, 6.07) is 8.46. The summed E-state index contributed by atoms with van der Waals surface area (Å²) >= 11 is 3.06. The molecule has 1 aromatic heterocycles. The molecular formula is C14H8BrFN2O3. The fourth-order valence-corrected chi connectivity index (χ4v) is 2.48. The van der Waals surface area contributed by atoms with Crippen LogP contribution in [0.5, 0.6) is 0 Å². The lowest BCUT2D eigenvalue weighted by Gasteiger charge is -2.05. The molecule has 0 spiro atoms. The zero-order valence-electron chi connectivity index (χ0n) is 10.4. The lowest BCUT2D eigenvalue weighted by molar-refractivity contribution is 0.0697. The lowest BCUT2D eigenvalue weighted by atomic mass is 10.2. The molecular weight excluding hydrogens is 343 g/mol. The highest BCUT2D eigenvalue weighted by atomic mass is 79.9. The molecule has 106 valence electrons. The topological polar surface area (TPSA) is 75.1 Å². The van der Waals surface area contributed by atoms with Crippen molar-refractivity contribution < 1.29 is 14.3 Å². The first-order chi connectivity index (χ1) is 9.97. The number of aromatic nitrogens is 2. The summed E-state index contributed by atoms with van der Waals surface area (Å²) in [5.41, 5.74) is 0.994. The summed E-state index contributed by atoms with van der Waals surface area (Å²) in [5.74, 6) is -1.53. The number of H-pyrrole nitrogens is 1. The van der Waals surface area contributed by atoms with E-state index in [0.29, 0.717) is 16.7 Å². The maximum atomic E-state index is 13.3. The number of carboxylic acid groups (broad SMARTS) is 1. The Morgan fingerprint density at radius 3 is 2.67 bits per heavy atom. The number of nitrogens with one attached hydrogen (secondary N) is 1. The van der Waals surface area contributed by atoms with Crippen LogP contribution in [-0.4, -0.2) is 20.6 Å². The van der Waals surface area contributed by atoms with Crippen molar-refractivity contribution in [2.45, 2.75) is 0 Å². The summed E-state index contributed by atoms with van der Waals surface area (Å²) < 4.78 is 14.8. The van der Waals surface area contributed by atoms with Gasteiger partial charge in [0.1, 0.15) is 5.82 Å². The predicted molar refractivity (Wildman–Crippen MR) is 78.5 cm³/mol. The average molecular weight is 351 g/mol. The molecule has 0 radical (unpaired) electrons. The van der Waals surface area contributed by atoms with Gasteiger partial charge in [-0.3, -0.25) is 4.57 Å². The molecule has 0 amide bonds. The van der Waals surface area contributed by atoms with Crippen LogP contribution in [0.2, 0.25) is 0 Å². The van der Waals surface area contributed by atoms with E-state index in [2.05, 4.69) is 20.9 Å². The third-order valence-electron chi connectivity index (χ3n) is 3.09. The Morgan fingerprint density at radius 1 is 1.24 bits per heavy atom. The van der Waals surface area contributed by atoms with Gasteiger partial charge in [0.2, 0.25) is 0 Å². The van der Waals surface area contributed by atoms with Crippen LogP contribution in [0, 0.1) is 5.82 Å². The SMILES string of the molecule is O=C(O)c1ccc2[nH]c(=O)n(-c3ccc(F)c(Br)c3)c2c1. The molecule has 3 aromatic rings. The first-order valence-corrected chi connectivity index (χ1v) is 6.70. The molecule has 2 aromatic carbocycles. The molecule has 7 heteroatoms. The third kappa shape index (κ3) is 2.25. The molecule has 0 unspecified atom stereocenters. The van der Waals surface area contributed by atoms with Gasteiger partial charge in [-0.25, -0.2) is 14.0 Å². The predicted octanol–water partition coefficient (Wildman–Crippen LogP) is 2.92. The van der Waals surface area contributed by atoms with E-state index in [1.807, 2.05) is 0 Å². The molecule has 5 nitrogen and oxygen atoms in total. The largest absolute Gasteiger partial charge is 0.478 e. The van der Waals surface area contributed by atoms with Crippen molar-refractivity contribution in [2.75, 3.05) is 0 Å². The Kier molecular flexibility index (Phi) is 3.13. The van der Waals surface area contributed by atoms with Crippen LogP contribution >= 0.6 is 15.9 Å². The van der Waals surface area contributed by atoms with Crippen LogP contribution in [0.1, 0.15) is 10.4 Å². The third-order valence-corrected chi connectivity index (χ3v) is 3.70. The van der Waals surface area contributed by atoms with Crippen molar-refractivity contribution in [3.05, 3.63) is 62.7 Å². The minimum Gasteiger partial charge on any atom is -0.478 e. The van der Waals surface area contributed by atoms with Gasteiger partial charge in [0.25, 0.3) is 0 Å². The van der Waals surface area contributed by atoms with E-state index in [9.17, 15) is 14.0 Å². The zero-order valence-corrected chi connectivity index (χ0v) is 12.0. The van der Waals surface area contributed by atoms with Gasteiger partial charge >= 0.3 is 11.7 Å². The Hall–Kier alpha value is -2.41. The molecule has 0 saturated heterocycles. The van der Waals surface area contributed by atoms with Crippen molar-refractivity contribution in [1.82, 2.24) is 9.55 Å². The molecule has 21 heavy (non-hydrogen) atoms. The van der Waals surface area contributed by atoms with E-state index in [0.717, 1.165) is 0 Å². The Bertz CT molecular complexity index is 930. The zero-order chi connectivity index (χ0) is 15.1. The van der Waals surface area contributed by atoms with E-state index in [1.54, 1.807) is 0 Å². The number of aromatic amines is 1. The number of carbonyl (C=O) groups is 1. The second kappa shape index (κ2) is 4.85. The van der Waals surface area contributed by atoms with Gasteiger partial charge in [-0.2, -0.15) is 0 Å². The van der Waals surface area contributed by atoms with Crippen molar-refractivity contribution in [2.24, 2.45) is 0 Å². The monoisotopic (exact) mass is 350 g/mol. The highest BCUT2D eigenvalue weighted by Gasteiger charge is 2.13. The van der Waals surface area contributed by atoms with Crippen LogP contribution in [0.25, 0.3) is 16.7 Å². The number of aromatic carboxylic acids is 1. The summed E-state index contributed by atoms with van der Waals surface area (Å²) in [7, 11) is 0. The van der Waals surface area contributed by atoms with Crippen LogP contribution in [0.3, 0.4) is 0 Å². The Labute approximate surface area is 125 Å². The van der Waals surface area contributed by atoms with Crippen molar-refractivity contribution in [3.63, 3.8) is 0 Å². The molecule has 0 fully saturated rings. The van der Waals surface area contributed by atoms with Gasteiger partial charge in [-0.1, -0.05) is 0 Å². The lowest BCUT2D eigenvalue weighted by Crippen LogP contribution is -2.14. The number of fused-ring (bicyclic) bond motifs is 1. The highest BCUT2D eigenvalue weighted by Crippen LogP contribution is 2.22. The molecule has 0 atom stereocenters. The van der Waals surface area contributed by atoms with Gasteiger partial charge in [-0.05, 0) is 52.3 Å². The van der Waals surface area contributed by atoms with Gasteiger partial charge in [-0.15, -0.1) is 0 Å². The molecule has 0 saturated carbocycles. The summed E-state index contributed by atoms with van der Waals surface area (Å²) in [5, 5.41) is 9.04. The maximum Gasteiger partial charge on any atom is 0.335 e. The van der Waals surface area contributed by atoms with Crippen molar-refractivity contribution >= 4 is 32.9 Å². The molecule has 0 aliphatic heterocycles. The second-order valence-corrected chi connectivity index (χ2v) is 5.26. The number of rotatable bonds is 2. The smallest absolute Gasteiger partial charge is 0.335 e. The molecule has 2 N–H and O–H groups in total. The number of imidazole rings is 1. The van der Waals surface area contributed by atoms with Gasteiger partial charge in [0, 0.05) is 0 Å². The standard InChI is InChI=1S/C14H8BrFN2O3/c15-9-6-8(2-3-10(9)16)18-12-5-7(13(19)20)1-4-11(12)17-14(18)21/h1-6H,(H,17,21)(H,19,20). The van der Waals surface area contributed by atoms with E-state index in [-0.39, 0.29) is 10.0 Å². The fourth-order valence-electron chi connectivity index (χ4n) is 2.12. The molecule has 0 bridgehead atoms. The number of hydrogen-bond acceptors (Lipinski definition) is 2. The van der Waals surface area contributed by atoms with Crippen LogP contribution < -0.4 is 5.69 Å². The first-order valence-electron chi connectivity index (χ1n) is 5.91. The van der Waals surface area contributed by atoms with Crippen LogP contribution in [-0.2, 0) is 0 Å². The quantitative estimate of drug-likeness (QED) is 0.746. The summed E-state index contributed by atoms with van der Waals surface area (Å²) in [6.45, 7) is 0.